The van der Waals surface area contributed by atoms with Gasteiger partial charge in [-0.15, -0.1) is 0 Å². The van der Waals surface area contributed by atoms with Gasteiger partial charge in [-0.25, -0.2) is 0 Å². The van der Waals surface area contributed by atoms with E-state index in [4.69, 9.17) is 10.5 Å². The number of aryl methyl sites for hydroxylation is 1. The fourth-order valence-electron chi connectivity index (χ4n) is 2.82. The van der Waals surface area contributed by atoms with Crippen molar-refractivity contribution in [3.8, 4) is 5.75 Å². The second-order valence-corrected chi connectivity index (χ2v) is 5.53. The lowest BCUT2D eigenvalue weighted by molar-refractivity contribution is 0.359. The normalized spacial score (nSPS) is 24.4. The number of nitrogens with zero attached hydrogens (tertiary/aromatic N) is 1. The molecule has 1 heterocycles. The Balaban J connectivity index is 2.21. The van der Waals surface area contributed by atoms with E-state index in [0.717, 1.165) is 38.1 Å². The zero-order valence-corrected chi connectivity index (χ0v) is 11.7. The summed E-state index contributed by atoms with van der Waals surface area (Å²) >= 11 is 0. The Hall–Kier alpha value is -1.06. The van der Waals surface area contributed by atoms with Crippen LogP contribution in [0.1, 0.15) is 24.5 Å². The van der Waals surface area contributed by atoms with Crippen LogP contribution in [0.25, 0.3) is 0 Å². The van der Waals surface area contributed by atoms with Crippen molar-refractivity contribution >= 4 is 0 Å². The van der Waals surface area contributed by atoms with Gasteiger partial charge < -0.3 is 15.4 Å². The van der Waals surface area contributed by atoms with E-state index in [0.29, 0.717) is 0 Å². The lowest BCUT2D eigenvalue weighted by Crippen LogP contribution is -2.44. The molecule has 3 heteroatoms. The molecule has 3 nitrogen and oxygen atoms in total. The second kappa shape index (κ2) is 5.29. The van der Waals surface area contributed by atoms with Crippen LogP contribution in [0.5, 0.6) is 5.75 Å². The predicted octanol–water partition coefficient (Wildman–Crippen LogP) is 1.83. The van der Waals surface area contributed by atoms with Crippen LogP contribution >= 0.6 is 0 Å². The molecule has 1 aromatic carbocycles. The zero-order chi connectivity index (χ0) is 13.2. The van der Waals surface area contributed by atoms with Crippen LogP contribution in [-0.2, 0) is 12.8 Å². The number of ether oxygens (including phenoxy) is 1. The molecule has 1 unspecified atom stereocenters. The molecule has 0 radical (unpaired) electrons. The Kier molecular flexibility index (Phi) is 3.93. The Morgan fingerprint density at radius 2 is 2.22 bits per heavy atom. The molecule has 0 amide bonds. The SMILES string of the molecule is CCc1ccc(OC)c(CC2(N)CCN(C)C2)c1. The topological polar surface area (TPSA) is 38.5 Å². The summed E-state index contributed by atoms with van der Waals surface area (Å²) in [5.74, 6) is 0.964. The minimum Gasteiger partial charge on any atom is -0.496 e. The van der Waals surface area contributed by atoms with Gasteiger partial charge >= 0.3 is 0 Å². The lowest BCUT2D eigenvalue weighted by Gasteiger charge is -2.25. The maximum Gasteiger partial charge on any atom is 0.122 e. The summed E-state index contributed by atoms with van der Waals surface area (Å²) in [5, 5.41) is 0. The molecule has 0 aromatic heterocycles. The molecule has 0 bridgehead atoms. The van der Waals surface area contributed by atoms with Crippen LogP contribution in [0.2, 0.25) is 0 Å². The highest BCUT2D eigenvalue weighted by Gasteiger charge is 2.33. The first-order chi connectivity index (χ1) is 8.56. The summed E-state index contributed by atoms with van der Waals surface area (Å²) in [6.45, 7) is 4.23. The maximum absolute atomic E-state index is 6.50. The largest absolute Gasteiger partial charge is 0.496 e. The van der Waals surface area contributed by atoms with Crippen LogP contribution in [0.3, 0.4) is 0 Å². The van der Waals surface area contributed by atoms with Gasteiger partial charge in [0.15, 0.2) is 0 Å². The van der Waals surface area contributed by atoms with Crippen molar-refractivity contribution < 1.29 is 4.74 Å². The highest BCUT2D eigenvalue weighted by molar-refractivity contribution is 5.38. The number of hydrogen-bond donors (Lipinski definition) is 1. The molecule has 0 saturated carbocycles. The average molecular weight is 248 g/mol. The third-order valence-electron chi connectivity index (χ3n) is 3.87. The summed E-state index contributed by atoms with van der Waals surface area (Å²) in [6.07, 6.45) is 3.01. The Morgan fingerprint density at radius 3 is 2.78 bits per heavy atom. The standard InChI is InChI=1S/C15H24N2O/c1-4-12-5-6-14(18-3)13(9-12)10-15(16)7-8-17(2)11-15/h5-6,9H,4,7-8,10-11,16H2,1-3H3. The molecule has 1 aliphatic heterocycles. The Morgan fingerprint density at radius 1 is 1.44 bits per heavy atom. The van der Waals surface area contributed by atoms with E-state index in [2.05, 4.69) is 37.1 Å². The number of likely N-dealkylation sites (N-methyl/N-ethyl adjacent to an activating group) is 1. The molecule has 1 aromatic rings. The molecular weight excluding hydrogens is 224 g/mol. The van der Waals surface area contributed by atoms with E-state index < -0.39 is 0 Å². The van der Waals surface area contributed by atoms with E-state index in [1.807, 2.05) is 0 Å². The zero-order valence-electron chi connectivity index (χ0n) is 11.7. The fourth-order valence-corrected chi connectivity index (χ4v) is 2.82. The van der Waals surface area contributed by atoms with Crippen LogP contribution in [-0.4, -0.2) is 37.7 Å². The Labute approximate surface area is 110 Å². The monoisotopic (exact) mass is 248 g/mol. The van der Waals surface area contributed by atoms with Crippen molar-refractivity contribution in [3.05, 3.63) is 29.3 Å². The van der Waals surface area contributed by atoms with Crippen molar-refractivity contribution in [1.29, 1.82) is 0 Å². The summed E-state index contributed by atoms with van der Waals surface area (Å²) in [5.41, 5.74) is 8.99. The molecule has 0 spiro atoms. The molecule has 18 heavy (non-hydrogen) atoms. The smallest absolute Gasteiger partial charge is 0.122 e. The highest BCUT2D eigenvalue weighted by Crippen LogP contribution is 2.28. The van der Waals surface area contributed by atoms with E-state index >= 15 is 0 Å². The number of methoxy groups -OCH3 is 1. The number of likely N-dealkylation sites (tertiary alicyclic amines) is 1. The average Bonchev–Trinajstić information content (AvgIpc) is 2.68. The molecule has 2 N–H and O–H groups in total. The van der Waals surface area contributed by atoms with Crippen molar-refractivity contribution in [3.63, 3.8) is 0 Å². The van der Waals surface area contributed by atoms with Gasteiger partial charge in [-0.05, 0) is 50.0 Å². The van der Waals surface area contributed by atoms with Gasteiger partial charge in [0.1, 0.15) is 5.75 Å². The van der Waals surface area contributed by atoms with Crippen LogP contribution in [0.15, 0.2) is 18.2 Å². The maximum atomic E-state index is 6.50. The van der Waals surface area contributed by atoms with Gasteiger partial charge in [0.2, 0.25) is 0 Å². The van der Waals surface area contributed by atoms with Gasteiger partial charge in [0.05, 0.1) is 7.11 Å². The van der Waals surface area contributed by atoms with Crippen molar-refractivity contribution in [2.45, 2.75) is 31.7 Å². The van der Waals surface area contributed by atoms with Gasteiger partial charge in [0, 0.05) is 12.1 Å². The van der Waals surface area contributed by atoms with Crippen molar-refractivity contribution in [1.82, 2.24) is 4.90 Å². The minimum absolute atomic E-state index is 0.103. The quantitative estimate of drug-likeness (QED) is 0.883. The van der Waals surface area contributed by atoms with Crippen LogP contribution in [0, 0.1) is 0 Å². The first kappa shape index (κ1) is 13.4. The van der Waals surface area contributed by atoms with Gasteiger partial charge in [0.25, 0.3) is 0 Å². The number of benzene rings is 1. The first-order valence-electron chi connectivity index (χ1n) is 6.69. The molecular formula is C15H24N2O. The van der Waals surface area contributed by atoms with Crippen LogP contribution in [0.4, 0.5) is 0 Å². The third-order valence-corrected chi connectivity index (χ3v) is 3.87. The van der Waals surface area contributed by atoms with Crippen molar-refractivity contribution in [2.24, 2.45) is 5.73 Å². The van der Waals surface area contributed by atoms with Crippen molar-refractivity contribution in [2.75, 3.05) is 27.2 Å². The summed E-state index contributed by atoms with van der Waals surface area (Å²) < 4.78 is 5.46. The van der Waals surface area contributed by atoms with Crippen LogP contribution < -0.4 is 10.5 Å². The Bertz CT molecular complexity index is 419. The minimum atomic E-state index is -0.103. The second-order valence-electron chi connectivity index (χ2n) is 5.53. The highest BCUT2D eigenvalue weighted by atomic mass is 16.5. The molecule has 100 valence electrons. The molecule has 1 aliphatic rings. The van der Waals surface area contributed by atoms with Gasteiger partial charge in [-0.2, -0.15) is 0 Å². The van der Waals surface area contributed by atoms with E-state index in [9.17, 15) is 0 Å². The number of nitrogens with two attached hydrogens (primary N) is 1. The summed E-state index contributed by atoms with van der Waals surface area (Å²) in [7, 11) is 3.86. The summed E-state index contributed by atoms with van der Waals surface area (Å²) in [4.78, 5) is 2.30. The molecule has 1 fully saturated rings. The lowest BCUT2D eigenvalue weighted by atomic mass is 9.89. The number of rotatable bonds is 4. The first-order valence-corrected chi connectivity index (χ1v) is 6.69. The molecule has 1 saturated heterocycles. The molecule has 0 aliphatic carbocycles. The fraction of sp³-hybridized carbons (Fsp3) is 0.600. The molecule has 2 rings (SSSR count). The predicted molar refractivity (Wildman–Crippen MR) is 75.1 cm³/mol. The summed E-state index contributed by atoms with van der Waals surface area (Å²) in [6, 6.07) is 6.44. The van der Waals surface area contributed by atoms with E-state index in [1.165, 1.54) is 11.1 Å². The van der Waals surface area contributed by atoms with E-state index in [-0.39, 0.29) is 5.54 Å². The third kappa shape index (κ3) is 2.85. The number of hydrogen-bond acceptors (Lipinski definition) is 3. The molecule has 1 atom stereocenters. The van der Waals surface area contributed by atoms with Gasteiger partial charge in [-0.1, -0.05) is 19.1 Å². The van der Waals surface area contributed by atoms with Gasteiger partial charge in [-0.3, -0.25) is 0 Å². The van der Waals surface area contributed by atoms with E-state index in [1.54, 1.807) is 7.11 Å².